The van der Waals surface area contributed by atoms with Crippen molar-refractivity contribution in [1.29, 1.82) is 0 Å². The summed E-state index contributed by atoms with van der Waals surface area (Å²) in [6, 6.07) is 1.56. The molecule has 0 saturated heterocycles. The van der Waals surface area contributed by atoms with Crippen LogP contribution in [0.25, 0.3) is 0 Å². The average molecular weight is 427 g/mol. The van der Waals surface area contributed by atoms with Crippen molar-refractivity contribution < 1.29 is 4.79 Å². The molecular weight excluding hydrogens is 380 g/mol. The maximum Gasteiger partial charge on any atom is 0.245 e. The smallest absolute Gasteiger partial charge is 0.245 e. The molecule has 1 fully saturated rings. The molecule has 5 nitrogen and oxygen atoms in total. The number of likely N-dealkylation sites (N-methyl/N-ethyl adjacent to an activating group) is 1. The zero-order valence-electron chi connectivity index (χ0n) is 20.5. The molecular formula is C23H46N4OS. The summed E-state index contributed by atoms with van der Waals surface area (Å²) in [4.78, 5) is 17.5. The van der Waals surface area contributed by atoms with Crippen LogP contribution in [0.2, 0.25) is 0 Å². The van der Waals surface area contributed by atoms with Crippen molar-refractivity contribution in [3.63, 3.8) is 0 Å². The Morgan fingerprint density at radius 1 is 0.966 bits per heavy atom. The summed E-state index contributed by atoms with van der Waals surface area (Å²) in [5, 5.41) is 7.56. The fourth-order valence-electron chi connectivity index (χ4n) is 4.45. The average Bonchev–Trinajstić information content (AvgIpc) is 2.58. The SMILES string of the molecule is CC(C)N(C)C(=O)[C@@H](NC(=S)N[C@@H]1CCCC[C@H]1N(C(C)C)C(C)C)C(C)(C)C. The third-order valence-electron chi connectivity index (χ3n) is 6.13. The van der Waals surface area contributed by atoms with Crippen molar-refractivity contribution in [1.82, 2.24) is 20.4 Å². The van der Waals surface area contributed by atoms with Gasteiger partial charge >= 0.3 is 0 Å². The zero-order chi connectivity index (χ0) is 22.5. The monoisotopic (exact) mass is 426 g/mol. The van der Waals surface area contributed by atoms with E-state index in [-0.39, 0.29) is 23.4 Å². The Labute approximate surface area is 185 Å². The van der Waals surface area contributed by atoms with Gasteiger partial charge in [0, 0.05) is 37.3 Å². The lowest BCUT2D eigenvalue weighted by atomic mass is 9.85. The maximum absolute atomic E-state index is 13.1. The van der Waals surface area contributed by atoms with Gasteiger partial charge in [-0.25, -0.2) is 0 Å². The molecule has 1 rings (SSSR count). The van der Waals surface area contributed by atoms with Gasteiger partial charge in [0.05, 0.1) is 0 Å². The minimum Gasteiger partial charge on any atom is -0.358 e. The molecule has 1 amide bonds. The van der Waals surface area contributed by atoms with E-state index in [1.54, 1.807) is 4.90 Å². The van der Waals surface area contributed by atoms with Gasteiger partial charge < -0.3 is 15.5 Å². The largest absolute Gasteiger partial charge is 0.358 e. The molecule has 0 spiro atoms. The topological polar surface area (TPSA) is 47.6 Å². The number of hydrogen-bond donors (Lipinski definition) is 2. The van der Waals surface area contributed by atoms with E-state index < -0.39 is 0 Å². The van der Waals surface area contributed by atoms with Crippen molar-refractivity contribution in [3.05, 3.63) is 0 Å². The molecule has 0 heterocycles. The molecule has 0 aromatic carbocycles. The van der Waals surface area contributed by atoms with Gasteiger partial charge in [-0.1, -0.05) is 33.6 Å². The van der Waals surface area contributed by atoms with E-state index >= 15 is 0 Å². The van der Waals surface area contributed by atoms with Crippen LogP contribution in [-0.2, 0) is 4.79 Å². The van der Waals surface area contributed by atoms with Crippen molar-refractivity contribution in [2.75, 3.05) is 7.05 Å². The van der Waals surface area contributed by atoms with Crippen LogP contribution in [0.3, 0.4) is 0 Å². The van der Waals surface area contributed by atoms with E-state index in [1.165, 1.54) is 19.3 Å². The molecule has 3 atom stereocenters. The number of nitrogens with one attached hydrogen (secondary N) is 2. The molecule has 0 aromatic heterocycles. The second-order valence-corrected chi connectivity index (χ2v) is 11.0. The van der Waals surface area contributed by atoms with Crippen LogP contribution in [-0.4, -0.2) is 64.1 Å². The highest BCUT2D eigenvalue weighted by Crippen LogP contribution is 2.27. The summed E-state index contributed by atoms with van der Waals surface area (Å²) in [5.41, 5.74) is -0.236. The Balaban J connectivity index is 2.94. The highest BCUT2D eigenvalue weighted by molar-refractivity contribution is 7.80. The van der Waals surface area contributed by atoms with Crippen LogP contribution in [0.5, 0.6) is 0 Å². The van der Waals surface area contributed by atoms with Gasteiger partial charge in [0.1, 0.15) is 6.04 Å². The molecule has 2 N–H and O–H groups in total. The molecule has 0 aliphatic heterocycles. The zero-order valence-corrected chi connectivity index (χ0v) is 21.3. The number of nitrogens with zero attached hydrogens (tertiary/aromatic N) is 2. The van der Waals surface area contributed by atoms with Crippen LogP contribution < -0.4 is 10.6 Å². The minimum atomic E-state index is -0.358. The summed E-state index contributed by atoms with van der Waals surface area (Å²) in [6.45, 7) is 19.4. The van der Waals surface area contributed by atoms with E-state index in [0.717, 1.165) is 6.42 Å². The van der Waals surface area contributed by atoms with Gasteiger partial charge in [0.25, 0.3) is 0 Å². The molecule has 0 unspecified atom stereocenters. The molecule has 0 aromatic rings. The van der Waals surface area contributed by atoms with Gasteiger partial charge in [-0.3, -0.25) is 9.69 Å². The van der Waals surface area contributed by atoms with Gasteiger partial charge in [0.15, 0.2) is 5.11 Å². The van der Waals surface area contributed by atoms with E-state index in [4.69, 9.17) is 12.2 Å². The number of thiocarbonyl (C=S) groups is 1. The predicted molar refractivity (Wildman–Crippen MR) is 128 cm³/mol. The van der Waals surface area contributed by atoms with Crippen molar-refractivity contribution in [2.45, 2.75) is 124 Å². The quantitative estimate of drug-likeness (QED) is 0.599. The summed E-state index contributed by atoms with van der Waals surface area (Å²) in [5.74, 6) is 0.0860. The minimum absolute atomic E-state index is 0.0860. The lowest BCUT2D eigenvalue weighted by Crippen LogP contribution is -2.61. The molecule has 1 saturated carbocycles. The van der Waals surface area contributed by atoms with Gasteiger partial charge in [0.2, 0.25) is 5.91 Å². The van der Waals surface area contributed by atoms with E-state index in [9.17, 15) is 4.79 Å². The Morgan fingerprint density at radius 2 is 1.48 bits per heavy atom. The highest BCUT2D eigenvalue weighted by Gasteiger charge is 2.37. The van der Waals surface area contributed by atoms with Crippen molar-refractivity contribution in [3.8, 4) is 0 Å². The Bertz CT molecular complexity index is 533. The number of rotatable bonds is 7. The fraction of sp³-hybridized carbons (Fsp3) is 0.913. The first-order chi connectivity index (χ1) is 13.3. The van der Waals surface area contributed by atoms with Crippen LogP contribution in [0.4, 0.5) is 0 Å². The second kappa shape index (κ2) is 10.9. The first kappa shape index (κ1) is 26.2. The van der Waals surface area contributed by atoms with Crippen LogP contribution in [0.15, 0.2) is 0 Å². The molecule has 6 heteroatoms. The predicted octanol–water partition coefficient (Wildman–Crippen LogP) is 4.16. The molecule has 0 radical (unpaired) electrons. The normalized spacial score (nSPS) is 21.6. The van der Waals surface area contributed by atoms with Crippen molar-refractivity contribution in [2.24, 2.45) is 5.41 Å². The second-order valence-electron chi connectivity index (χ2n) is 10.6. The molecule has 170 valence electrons. The third-order valence-corrected chi connectivity index (χ3v) is 6.37. The fourth-order valence-corrected chi connectivity index (χ4v) is 4.72. The number of hydrogen-bond acceptors (Lipinski definition) is 3. The summed E-state index contributed by atoms with van der Waals surface area (Å²) in [7, 11) is 1.87. The number of carbonyl (C=O) groups is 1. The van der Waals surface area contributed by atoms with Crippen LogP contribution in [0.1, 0.15) is 88.0 Å². The van der Waals surface area contributed by atoms with Crippen LogP contribution >= 0.6 is 12.2 Å². The summed E-state index contributed by atoms with van der Waals surface area (Å²) >= 11 is 5.71. The van der Waals surface area contributed by atoms with Gasteiger partial charge in [-0.2, -0.15) is 0 Å². The third kappa shape index (κ3) is 7.39. The Kier molecular flexibility index (Phi) is 9.87. The van der Waals surface area contributed by atoms with Gasteiger partial charge in [-0.15, -0.1) is 0 Å². The Hall–Kier alpha value is -0.880. The Morgan fingerprint density at radius 3 is 1.93 bits per heavy atom. The lowest BCUT2D eigenvalue weighted by molar-refractivity contribution is -0.135. The van der Waals surface area contributed by atoms with Crippen molar-refractivity contribution >= 4 is 23.2 Å². The summed E-state index contributed by atoms with van der Waals surface area (Å²) < 4.78 is 0. The lowest BCUT2D eigenvalue weighted by Gasteiger charge is -2.45. The molecule has 29 heavy (non-hydrogen) atoms. The number of carbonyl (C=O) groups excluding carboxylic acids is 1. The number of amides is 1. The van der Waals surface area contributed by atoms with E-state index in [0.29, 0.717) is 29.3 Å². The standard InChI is InChI=1S/C23H46N4OS/c1-15(2)26(10)21(28)20(23(7,8)9)25-22(29)24-18-13-11-12-14-19(18)27(16(3)4)17(5)6/h15-20H,11-14H2,1-10H3,(H2,24,25,29)/t18-,19-,20-/m1/s1. The molecule has 0 bridgehead atoms. The first-order valence-electron chi connectivity index (χ1n) is 11.4. The first-order valence-corrected chi connectivity index (χ1v) is 11.8. The molecule has 1 aliphatic rings. The molecule has 1 aliphatic carbocycles. The highest BCUT2D eigenvalue weighted by atomic mass is 32.1. The van der Waals surface area contributed by atoms with Crippen LogP contribution in [0, 0.1) is 5.41 Å². The van der Waals surface area contributed by atoms with E-state index in [2.05, 4.69) is 64.0 Å². The maximum atomic E-state index is 13.1. The van der Waals surface area contributed by atoms with Gasteiger partial charge in [-0.05, 0) is 72.0 Å². The van der Waals surface area contributed by atoms with E-state index in [1.807, 2.05) is 20.9 Å². The summed E-state index contributed by atoms with van der Waals surface area (Å²) in [6.07, 6.45) is 4.79.